The normalized spacial score (nSPS) is 22.4. The van der Waals surface area contributed by atoms with E-state index in [1.165, 1.54) is 12.1 Å². The Balaban J connectivity index is 1.71. The molecular formula is C33H43N5O4S. The van der Waals surface area contributed by atoms with Gasteiger partial charge >= 0.3 is 0 Å². The number of amides is 1. The molecule has 0 spiro atoms. The molecule has 1 amide bonds. The predicted octanol–water partition coefficient (Wildman–Crippen LogP) is 5.78. The lowest BCUT2D eigenvalue weighted by Gasteiger charge is -2.43. The van der Waals surface area contributed by atoms with Crippen LogP contribution in [0.15, 0.2) is 47.4 Å². The first kappa shape index (κ1) is 30.9. The summed E-state index contributed by atoms with van der Waals surface area (Å²) >= 11 is 0. The van der Waals surface area contributed by atoms with Gasteiger partial charge < -0.3 is 15.4 Å². The Morgan fingerprint density at radius 2 is 1.65 bits per heavy atom. The molecule has 1 aromatic heterocycles. The first-order valence-corrected chi connectivity index (χ1v) is 16.5. The van der Waals surface area contributed by atoms with Gasteiger partial charge in [0, 0.05) is 28.8 Å². The monoisotopic (exact) mass is 605 g/mol. The summed E-state index contributed by atoms with van der Waals surface area (Å²) < 4.78 is 36.4. The SMILES string of the molecule is Cc1cccc(C)c1-c1nc2nc(c1C)OC[C@@H](CC(C)(C)C)N(C1CCC(N)CC1)C(=O)c1cccc(c1)S(=O)(=O)N2. The number of benzene rings is 2. The molecular weight excluding hydrogens is 562 g/mol. The molecule has 0 radical (unpaired) electrons. The van der Waals surface area contributed by atoms with E-state index in [-0.39, 0.29) is 52.8 Å². The van der Waals surface area contributed by atoms with E-state index < -0.39 is 10.0 Å². The van der Waals surface area contributed by atoms with Crippen LogP contribution in [-0.4, -0.2) is 53.9 Å². The maximum absolute atomic E-state index is 14.4. The van der Waals surface area contributed by atoms with Crippen molar-refractivity contribution in [2.75, 3.05) is 11.3 Å². The van der Waals surface area contributed by atoms with Crippen molar-refractivity contribution in [3.05, 3.63) is 64.7 Å². The molecule has 2 heterocycles. The third kappa shape index (κ3) is 6.70. The highest BCUT2D eigenvalue weighted by Gasteiger charge is 2.37. The fourth-order valence-corrected chi connectivity index (χ4v) is 7.36. The molecule has 1 aliphatic heterocycles. The van der Waals surface area contributed by atoms with Crippen LogP contribution in [0.5, 0.6) is 5.88 Å². The zero-order chi connectivity index (χ0) is 31.1. The molecule has 3 N–H and O–H groups in total. The minimum Gasteiger partial charge on any atom is -0.475 e. The van der Waals surface area contributed by atoms with E-state index in [1.54, 1.807) is 12.1 Å². The van der Waals surface area contributed by atoms with Gasteiger partial charge in [-0.25, -0.2) is 18.1 Å². The summed E-state index contributed by atoms with van der Waals surface area (Å²) in [6, 6.07) is 12.0. The van der Waals surface area contributed by atoms with E-state index in [4.69, 9.17) is 15.5 Å². The number of hydrogen-bond donors (Lipinski definition) is 2. The lowest BCUT2D eigenvalue weighted by atomic mass is 9.84. The molecule has 10 heteroatoms. The number of hydrogen-bond acceptors (Lipinski definition) is 7. The number of sulfonamides is 1. The highest BCUT2D eigenvalue weighted by Crippen LogP contribution is 2.36. The molecule has 1 fully saturated rings. The average molecular weight is 606 g/mol. The predicted molar refractivity (Wildman–Crippen MR) is 169 cm³/mol. The Kier molecular flexibility index (Phi) is 8.55. The van der Waals surface area contributed by atoms with Crippen molar-refractivity contribution in [3.8, 4) is 17.1 Å². The Bertz CT molecular complexity index is 1600. The van der Waals surface area contributed by atoms with Crippen molar-refractivity contribution in [2.24, 2.45) is 11.1 Å². The largest absolute Gasteiger partial charge is 0.475 e. The maximum atomic E-state index is 14.4. The van der Waals surface area contributed by atoms with Crippen molar-refractivity contribution in [2.45, 2.75) is 96.7 Å². The number of fused-ring (bicyclic) bond motifs is 4. The number of nitrogens with zero attached hydrogens (tertiary/aromatic N) is 3. The first-order chi connectivity index (χ1) is 20.2. The van der Waals surface area contributed by atoms with Gasteiger partial charge in [0.05, 0.1) is 16.6 Å². The summed E-state index contributed by atoms with van der Waals surface area (Å²) in [6.45, 7) is 12.5. The number of nitrogens with two attached hydrogens (primary N) is 1. The van der Waals surface area contributed by atoms with Gasteiger partial charge in [-0.2, -0.15) is 4.98 Å². The molecule has 230 valence electrons. The summed E-state index contributed by atoms with van der Waals surface area (Å²) in [7, 11) is -4.12. The van der Waals surface area contributed by atoms with Crippen molar-refractivity contribution in [1.82, 2.24) is 14.9 Å². The van der Waals surface area contributed by atoms with Gasteiger partial charge in [0.1, 0.15) is 6.61 Å². The van der Waals surface area contributed by atoms with Gasteiger partial charge in [-0.3, -0.25) is 4.79 Å². The van der Waals surface area contributed by atoms with Gasteiger partial charge in [0.2, 0.25) is 11.8 Å². The second kappa shape index (κ2) is 11.9. The number of anilines is 1. The van der Waals surface area contributed by atoms with E-state index in [0.29, 0.717) is 23.2 Å². The van der Waals surface area contributed by atoms with Crippen LogP contribution >= 0.6 is 0 Å². The van der Waals surface area contributed by atoms with E-state index in [1.807, 2.05) is 43.9 Å². The molecule has 2 aromatic carbocycles. The molecule has 43 heavy (non-hydrogen) atoms. The summed E-state index contributed by atoms with van der Waals surface area (Å²) in [5.74, 6) is -0.00614. The van der Waals surface area contributed by atoms with Crippen LogP contribution in [0.2, 0.25) is 0 Å². The standard InChI is InChI=1S/C33H43N5O4S/c1-20-9-7-10-21(2)28(20)29-22(3)30-36-32(35-29)37-43(40,41)27-12-8-11-23(17-27)31(39)38(25-15-13-24(34)14-16-25)26(19-42-30)18-33(4,5)6/h7-12,17,24-26H,13-16,18-19,34H2,1-6H3,(H,35,36,37)/t24?,25?,26-/m1/s1. The minimum absolute atomic E-state index is 0.0316. The van der Waals surface area contributed by atoms with E-state index in [0.717, 1.165) is 42.4 Å². The third-order valence-corrected chi connectivity index (χ3v) is 9.78. The van der Waals surface area contributed by atoms with E-state index >= 15 is 0 Å². The number of carbonyl (C=O) groups excluding carboxylic acids is 1. The molecule has 1 atom stereocenters. The fourth-order valence-electron chi connectivity index (χ4n) is 6.37. The zero-order valence-electron chi connectivity index (χ0n) is 26.0. The topological polar surface area (TPSA) is 128 Å². The third-order valence-electron chi connectivity index (χ3n) is 8.46. The molecule has 0 saturated heterocycles. The van der Waals surface area contributed by atoms with Crippen molar-refractivity contribution >= 4 is 21.9 Å². The zero-order valence-corrected chi connectivity index (χ0v) is 26.8. The van der Waals surface area contributed by atoms with Gasteiger partial charge in [-0.05, 0) is 87.6 Å². The molecule has 3 aromatic rings. The smallest absolute Gasteiger partial charge is 0.264 e. The molecule has 5 rings (SSSR count). The quantitative estimate of drug-likeness (QED) is 0.387. The number of carbonyl (C=O) groups is 1. The van der Waals surface area contributed by atoms with Crippen LogP contribution in [0, 0.1) is 26.2 Å². The summed E-state index contributed by atoms with van der Waals surface area (Å²) in [4.78, 5) is 25.5. The van der Waals surface area contributed by atoms with Gasteiger partial charge in [-0.1, -0.05) is 45.0 Å². The van der Waals surface area contributed by atoms with Gasteiger partial charge in [0.15, 0.2) is 0 Å². The van der Waals surface area contributed by atoms with Crippen molar-refractivity contribution in [1.29, 1.82) is 0 Å². The Morgan fingerprint density at radius 1 is 1.00 bits per heavy atom. The summed E-state index contributed by atoms with van der Waals surface area (Å²) in [5, 5.41) is 0. The van der Waals surface area contributed by atoms with Gasteiger partial charge in [-0.15, -0.1) is 0 Å². The number of aryl methyl sites for hydroxylation is 2. The highest BCUT2D eigenvalue weighted by molar-refractivity contribution is 7.92. The van der Waals surface area contributed by atoms with Crippen LogP contribution < -0.4 is 15.2 Å². The second-order valence-corrected chi connectivity index (χ2v) is 14.9. The van der Waals surface area contributed by atoms with E-state index in [9.17, 15) is 13.2 Å². The lowest BCUT2D eigenvalue weighted by Crippen LogP contribution is -2.52. The molecule has 9 nitrogen and oxygen atoms in total. The first-order valence-electron chi connectivity index (χ1n) is 15.0. The molecule has 4 bridgehead atoms. The Labute approximate surface area is 255 Å². The lowest BCUT2D eigenvalue weighted by molar-refractivity contribution is 0.0316. The molecule has 2 aliphatic rings. The van der Waals surface area contributed by atoms with Crippen LogP contribution in [0.25, 0.3) is 11.3 Å². The molecule has 1 saturated carbocycles. The molecule has 1 aliphatic carbocycles. The number of aromatic nitrogens is 2. The Hall–Kier alpha value is -3.50. The maximum Gasteiger partial charge on any atom is 0.264 e. The van der Waals surface area contributed by atoms with E-state index in [2.05, 4.69) is 30.5 Å². The molecule has 0 unspecified atom stereocenters. The fraction of sp³-hybridized carbons (Fsp3) is 0.485. The van der Waals surface area contributed by atoms with Crippen molar-refractivity contribution in [3.63, 3.8) is 0 Å². The Morgan fingerprint density at radius 3 is 2.30 bits per heavy atom. The van der Waals surface area contributed by atoms with Gasteiger partial charge in [0.25, 0.3) is 15.9 Å². The van der Waals surface area contributed by atoms with Crippen LogP contribution in [-0.2, 0) is 10.0 Å². The average Bonchev–Trinajstić information content (AvgIpc) is 2.93. The second-order valence-electron chi connectivity index (χ2n) is 13.2. The van der Waals surface area contributed by atoms with Crippen LogP contribution in [0.1, 0.15) is 79.9 Å². The highest BCUT2D eigenvalue weighted by atomic mass is 32.2. The minimum atomic E-state index is -4.12. The van der Waals surface area contributed by atoms with Crippen LogP contribution in [0.4, 0.5) is 5.95 Å². The summed E-state index contributed by atoms with van der Waals surface area (Å²) in [6.07, 6.45) is 3.88. The number of rotatable bonds is 3. The number of nitrogens with one attached hydrogen (secondary N) is 1. The van der Waals surface area contributed by atoms with Crippen LogP contribution in [0.3, 0.4) is 0 Å². The van der Waals surface area contributed by atoms with Crippen molar-refractivity contribution < 1.29 is 17.9 Å². The number of ether oxygens (including phenoxy) is 1. The summed E-state index contributed by atoms with van der Waals surface area (Å²) in [5.41, 5.74) is 10.7.